The highest BCUT2D eigenvalue weighted by Crippen LogP contribution is 2.29. The fraction of sp³-hybridized carbons (Fsp3) is 0.364. The van der Waals surface area contributed by atoms with Gasteiger partial charge in [-0.3, -0.25) is 0 Å². The maximum atomic E-state index is 13.1. The Morgan fingerprint density at radius 3 is 2.75 bits per heavy atom. The number of nitrogens with zero attached hydrogens (tertiary/aromatic N) is 1. The summed E-state index contributed by atoms with van der Waals surface area (Å²) in [5.74, 6) is 0.143. The summed E-state index contributed by atoms with van der Waals surface area (Å²) in [6.45, 7) is 3.92. The highest BCUT2D eigenvalue weighted by molar-refractivity contribution is 6.34. The first-order chi connectivity index (χ1) is 7.49. The van der Waals surface area contributed by atoms with E-state index in [0.29, 0.717) is 17.0 Å². The Morgan fingerprint density at radius 2 is 2.12 bits per heavy atom. The fourth-order valence-electron chi connectivity index (χ4n) is 1.40. The number of aromatic nitrogens is 1. The van der Waals surface area contributed by atoms with E-state index < -0.39 is 5.82 Å². The van der Waals surface area contributed by atoms with E-state index in [2.05, 4.69) is 4.98 Å². The minimum atomic E-state index is -0.435. The van der Waals surface area contributed by atoms with E-state index >= 15 is 0 Å². The van der Waals surface area contributed by atoms with Crippen LogP contribution in [0.5, 0.6) is 0 Å². The summed E-state index contributed by atoms with van der Waals surface area (Å²) < 4.78 is 18.5. The van der Waals surface area contributed by atoms with Crippen LogP contribution >= 0.6 is 11.6 Å². The molecule has 1 atom stereocenters. The number of benzene rings is 1. The van der Waals surface area contributed by atoms with Gasteiger partial charge in [0.1, 0.15) is 11.3 Å². The molecule has 0 aliphatic carbocycles. The number of hydrogen-bond donors (Lipinski definition) is 1. The molecule has 0 spiro atoms. The molecule has 5 heteroatoms. The van der Waals surface area contributed by atoms with E-state index in [1.54, 1.807) is 0 Å². The predicted molar refractivity (Wildman–Crippen MR) is 60.7 cm³/mol. The van der Waals surface area contributed by atoms with Gasteiger partial charge in [0.15, 0.2) is 5.58 Å². The smallest absolute Gasteiger partial charge is 0.212 e. The normalized spacial score (nSPS) is 13.6. The molecule has 2 rings (SSSR count). The zero-order valence-electron chi connectivity index (χ0n) is 9.00. The van der Waals surface area contributed by atoms with Gasteiger partial charge in [-0.15, -0.1) is 0 Å². The van der Waals surface area contributed by atoms with Crippen molar-refractivity contribution >= 4 is 22.7 Å². The molecule has 86 valence electrons. The van der Waals surface area contributed by atoms with Gasteiger partial charge in [-0.2, -0.15) is 0 Å². The summed E-state index contributed by atoms with van der Waals surface area (Å²) in [5, 5.41) is 0.213. The molecule has 16 heavy (non-hydrogen) atoms. The number of rotatable bonds is 2. The summed E-state index contributed by atoms with van der Waals surface area (Å²) in [6, 6.07) is 2.16. The van der Waals surface area contributed by atoms with E-state index in [-0.39, 0.29) is 17.0 Å². The zero-order chi connectivity index (χ0) is 11.9. The van der Waals surface area contributed by atoms with Crippen molar-refractivity contribution in [3.05, 3.63) is 28.9 Å². The molecule has 0 fully saturated rings. The van der Waals surface area contributed by atoms with Gasteiger partial charge in [0.05, 0.1) is 11.1 Å². The Balaban J connectivity index is 2.56. The molecule has 1 aromatic heterocycles. The number of nitrogens with two attached hydrogens (primary N) is 1. The van der Waals surface area contributed by atoms with Crippen molar-refractivity contribution in [2.75, 3.05) is 0 Å². The van der Waals surface area contributed by atoms with Crippen LogP contribution in [0.4, 0.5) is 4.39 Å². The second kappa shape index (κ2) is 4.03. The second-order valence-electron chi connectivity index (χ2n) is 4.06. The number of fused-ring (bicyclic) bond motifs is 1. The lowest BCUT2D eigenvalue weighted by molar-refractivity contribution is 0.403. The van der Waals surface area contributed by atoms with E-state index in [4.69, 9.17) is 21.8 Å². The number of oxazole rings is 1. The lowest BCUT2D eigenvalue weighted by Crippen LogP contribution is -2.16. The third kappa shape index (κ3) is 1.90. The molecule has 1 heterocycles. The Morgan fingerprint density at radius 1 is 1.44 bits per heavy atom. The van der Waals surface area contributed by atoms with Crippen LogP contribution in [0.15, 0.2) is 16.5 Å². The zero-order valence-corrected chi connectivity index (χ0v) is 9.75. The van der Waals surface area contributed by atoms with E-state index in [9.17, 15) is 4.39 Å². The first-order valence-electron chi connectivity index (χ1n) is 5.00. The Labute approximate surface area is 97.4 Å². The molecular weight excluding hydrogens is 231 g/mol. The molecule has 0 aliphatic rings. The van der Waals surface area contributed by atoms with Crippen LogP contribution in [-0.4, -0.2) is 4.98 Å². The van der Waals surface area contributed by atoms with Crippen molar-refractivity contribution in [2.45, 2.75) is 19.9 Å². The van der Waals surface area contributed by atoms with Crippen molar-refractivity contribution in [2.24, 2.45) is 11.7 Å². The SMILES string of the molecule is CC(C)C(N)c1nc2cc(F)cc(Cl)c2o1. The summed E-state index contributed by atoms with van der Waals surface area (Å²) in [6.07, 6.45) is 0. The lowest BCUT2D eigenvalue weighted by Gasteiger charge is -2.10. The van der Waals surface area contributed by atoms with Crippen LogP contribution < -0.4 is 5.73 Å². The van der Waals surface area contributed by atoms with Crippen molar-refractivity contribution in [3.8, 4) is 0 Å². The van der Waals surface area contributed by atoms with Crippen molar-refractivity contribution in [3.63, 3.8) is 0 Å². The third-order valence-electron chi connectivity index (χ3n) is 2.43. The molecule has 1 aromatic carbocycles. The van der Waals surface area contributed by atoms with Gasteiger partial charge < -0.3 is 10.2 Å². The molecule has 1 unspecified atom stereocenters. The average molecular weight is 243 g/mol. The van der Waals surface area contributed by atoms with Gasteiger partial charge in [0, 0.05) is 6.07 Å². The number of halogens is 2. The maximum absolute atomic E-state index is 13.1. The topological polar surface area (TPSA) is 52.0 Å². The van der Waals surface area contributed by atoms with Crippen molar-refractivity contribution in [1.29, 1.82) is 0 Å². The van der Waals surface area contributed by atoms with Crippen LogP contribution in [0.3, 0.4) is 0 Å². The first-order valence-corrected chi connectivity index (χ1v) is 5.38. The fourth-order valence-corrected chi connectivity index (χ4v) is 1.64. The summed E-state index contributed by atoms with van der Waals surface area (Å²) in [7, 11) is 0. The molecule has 3 nitrogen and oxygen atoms in total. The summed E-state index contributed by atoms with van der Waals surface area (Å²) in [4.78, 5) is 4.14. The Hall–Kier alpha value is -1.13. The maximum Gasteiger partial charge on any atom is 0.212 e. The van der Waals surface area contributed by atoms with E-state index in [0.717, 1.165) is 0 Å². The first kappa shape index (κ1) is 11.4. The molecule has 0 bridgehead atoms. The monoisotopic (exact) mass is 242 g/mol. The molecule has 0 radical (unpaired) electrons. The molecule has 0 amide bonds. The minimum Gasteiger partial charge on any atom is -0.437 e. The van der Waals surface area contributed by atoms with Crippen molar-refractivity contribution < 1.29 is 8.81 Å². The lowest BCUT2D eigenvalue weighted by atomic mass is 10.1. The van der Waals surface area contributed by atoms with E-state index in [1.807, 2.05) is 13.8 Å². The minimum absolute atomic E-state index is 0.191. The van der Waals surface area contributed by atoms with Crippen LogP contribution in [0.2, 0.25) is 5.02 Å². The molecule has 0 aliphatic heterocycles. The summed E-state index contributed by atoms with van der Waals surface area (Å²) in [5.41, 5.74) is 6.68. The quantitative estimate of drug-likeness (QED) is 0.879. The molecule has 2 N–H and O–H groups in total. The third-order valence-corrected chi connectivity index (χ3v) is 2.71. The van der Waals surface area contributed by atoms with Gasteiger partial charge in [-0.1, -0.05) is 25.4 Å². The molecule has 0 saturated heterocycles. The predicted octanol–water partition coefficient (Wildman–Crippen LogP) is 3.28. The second-order valence-corrected chi connectivity index (χ2v) is 4.46. The van der Waals surface area contributed by atoms with E-state index in [1.165, 1.54) is 12.1 Å². The van der Waals surface area contributed by atoms with Gasteiger partial charge in [-0.05, 0) is 12.0 Å². The Kier molecular flexibility index (Phi) is 2.86. The van der Waals surface area contributed by atoms with Crippen LogP contribution in [-0.2, 0) is 0 Å². The average Bonchev–Trinajstić information content (AvgIpc) is 2.60. The summed E-state index contributed by atoms with van der Waals surface area (Å²) >= 11 is 5.85. The van der Waals surface area contributed by atoms with Gasteiger partial charge >= 0.3 is 0 Å². The molecule has 0 saturated carbocycles. The molecule has 2 aromatic rings. The van der Waals surface area contributed by atoms with Crippen molar-refractivity contribution in [1.82, 2.24) is 4.98 Å². The Bertz CT molecular complexity index is 524. The number of hydrogen-bond acceptors (Lipinski definition) is 3. The van der Waals surface area contributed by atoms with Crippen LogP contribution in [0.1, 0.15) is 25.8 Å². The van der Waals surface area contributed by atoms with Crippen LogP contribution in [0.25, 0.3) is 11.1 Å². The highest BCUT2D eigenvalue weighted by Gasteiger charge is 2.18. The van der Waals surface area contributed by atoms with Gasteiger partial charge in [-0.25, -0.2) is 9.37 Å². The van der Waals surface area contributed by atoms with Gasteiger partial charge in [0.2, 0.25) is 5.89 Å². The van der Waals surface area contributed by atoms with Gasteiger partial charge in [0.25, 0.3) is 0 Å². The molecular formula is C11H12ClFN2O. The standard InChI is InChI=1S/C11H12ClFN2O/c1-5(2)9(14)11-15-8-4-6(13)3-7(12)10(8)16-11/h3-5,9H,14H2,1-2H3. The van der Waals surface area contributed by atoms with Crippen LogP contribution in [0, 0.1) is 11.7 Å². The highest BCUT2D eigenvalue weighted by atomic mass is 35.5. The largest absolute Gasteiger partial charge is 0.437 e.